The van der Waals surface area contributed by atoms with Gasteiger partial charge in [-0.25, -0.2) is 8.42 Å². The molecule has 3 rings (SSSR count). The fraction of sp³-hybridized carbons (Fsp3) is 0.381. The number of nitro benzene ring substituents is 1. The quantitative estimate of drug-likeness (QED) is 0.473. The Morgan fingerprint density at radius 2 is 1.81 bits per heavy atom. The molecule has 0 saturated carbocycles. The molecule has 0 atom stereocenters. The molecule has 0 spiro atoms. The number of nitro groups is 1. The van der Waals surface area contributed by atoms with Gasteiger partial charge in [-0.1, -0.05) is 24.6 Å². The number of hydrogen-bond acceptors (Lipinski definition) is 6. The van der Waals surface area contributed by atoms with Crippen molar-refractivity contribution in [2.75, 3.05) is 30.3 Å². The second-order valence-corrected chi connectivity index (χ2v) is 9.38. The predicted molar refractivity (Wildman–Crippen MR) is 119 cm³/mol. The van der Waals surface area contributed by atoms with E-state index in [1.807, 2.05) is 0 Å². The zero-order valence-corrected chi connectivity index (χ0v) is 18.2. The lowest BCUT2D eigenvalue weighted by Gasteiger charge is -2.26. The van der Waals surface area contributed by atoms with Crippen LogP contribution < -0.4 is 10.6 Å². The number of sulfonamides is 1. The minimum Gasteiger partial charge on any atom is -0.379 e. The smallest absolute Gasteiger partial charge is 0.292 e. The van der Waals surface area contributed by atoms with Gasteiger partial charge in [0.05, 0.1) is 9.82 Å². The molecule has 2 aromatic rings. The van der Waals surface area contributed by atoms with Crippen LogP contribution in [0.3, 0.4) is 0 Å². The van der Waals surface area contributed by atoms with E-state index in [-0.39, 0.29) is 29.5 Å². The molecule has 0 bridgehead atoms. The van der Waals surface area contributed by atoms with Crippen LogP contribution >= 0.6 is 0 Å². The Bertz CT molecular complexity index is 1070. The molecule has 166 valence electrons. The van der Waals surface area contributed by atoms with Crippen molar-refractivity contribution in [1.82, 2.24) is 4.31 Å². The van der Waals surface area contributed by atoms with Gasteiger partial charge in [-0.3, -0.25) is 14.9 Å². The second-order valence-electron chi connectivity index (χ2n) is 7.44. The molecule has 0 aromatic heterocycles. The van der Waals surface area contributed by atoms with Gasteiger partial charge in [0.2, 0.25) is 15.9 Å². The first kappa shape index (κ1) is 22.7. The Hall–Kier alpha value is -2.98. The third-order valence-electron chi connectivity index (χ3n) is 5.20. The van der Waals surface area contributed by atoms with Gasteiger partial charge < -0.3 is 10.6 Å². The van der Waals surface area contributed by atoms with Crippen LogP contribution in [0.4, 0.5) is 17.1 Å². The van der Waals surface area contributed by atoms with Gasteiger partial charge in [-0.05, 0) is 43.5 Å². The second kappa shape index (κ2) is 9.88. The van der Waals surface area contributed by atoms with E-state index in [9.17, 15) is 23.3 Å². The molecule has 1 aliphatic heterocycles. The third-order valence-corrected chi connectivity index (χ3v) is 7.10. The molecule has 1 heterocycles. The van der Waals surface area contributed by atoms with Gasteiger partial charge in [0.25, 0.3) is 5.69 Å². The fourth-order valence-corrected chi connectivity index (χ4v) is 5.00. The number of rotatable bonds is 8. The van der Waals surface area contributed by atoms with Gasteiger partial charge in [0.15, 0.2) is 0 Å². The average molecular weight is 447 g/mol. The summed E-state index contributed by atoms with van der Waals surface area (Å²) in [6.45, 7) is 3.00. The first-order valence-electron chi connectivity index (χ1n) is 10.2. The van der Waals surface area contributed by atoms with Crippen LogP contribution in [0.1, 0.15) is 31.2 Å². The topological polar surface area (TPSA) is 122 Å². The Kier molecular flexibility index (Phi) is 7.24. The number of carbonyl (C=O) groups is 1. The van der Waals surface area contributed by atoms with Crippen LogP contribution in [0.2, 0.25) is 0 Å². The first-order valence-corrected chi connectivity index (χ1v) is 11.6. The van der Waals surface area contributed by atoms with E-state index in [0.717, 1.165) is 24.8 Å². The van der Waals surface area contributed by atoms with Crippen molar-refractivity contribution < 1.29 is 18.1 Å². The lowest BCUT2D eigenvalue weighted by molar-refractivity contribution is -0.384. The molecule has 9 nitrogen and oxygen atoms in total. The minimum absolute atomic E-state index is 0.0608. The van der Waals surface area contributed by atoms with Crippen molar-refractivity contribution in [2.45, 2.75) is 37.5 Å². The number of nitrogens with zero attached hydrogens (tertiary/aromatic N) is 2. The molecule has 0 radical (unpaired) electrons. The van der Waals surface area contributed by atoms with Gasteiger partial charge in [-0.2, -0.15) is 4.31 Å². The summed E-state index contributed by atoms with van der Waals surface area (Å²) in [7, 11) is -3.60. The molecule has 1 aliphatic rings. The van der Waals surface area contributed by atoms with Gasteiger partial charge in [0.1, 0.15) is 5.69 Å². The Morgan fingerprint density at radius 1 is 1.10 bits per heavy atom. The number of anilines is 2. The molecule has 10 heteroatoms. The van der Waals surface area contributed by atoms with E-state index in [0.29, 0.717) is 24.5 Å². The van der Waals surface area contributed by atoms with Crippen LogP contribution in [-0.2, 0) is 14.8 Å². The largest absolute Gasteiger partial charge is 0.379 e. The molecule has 1 amide bonds. The molecular formula is C21H26N4O5S. The monoisotopic (exact) mass is 446 g/mol. The summed E-state index contributed by atoms with van der Waals surface area (Å²) in [5, 5.41) is 16.7. The number of amides is 1. The molecule has 0 unspecified atom stereocenters. The van der Waals surface area contributed by atoms with Crippen molar-refractivity contribution in [1.29, 1.82) is 0 Å². The van der Waals surface area contributed by atoms with Gasteiger partial charge in [-0.15, -0.1) is 0 Å². The number of carbonyl (C=O) groups excluding carboxylic acids is 1. The predicted octanol–water partition coefficient (Wildman–Crippen LogP) is 3.52. The maximum absolute atomic E-state index is 12.9. The summed E-state index contributed by atoms with van der Waals surface area (Å²) in [5.74, 6) is -0.318. The SMILES string of the molecule is Cc1ccc(S(=O)(=O)N2CCCCC2)cc1NC(=O)CCNc1ccccc1[N+](=O)[O-]. The summed E-state index contributed by atoms with van der Waals surface area (Å²) < 4.78 is 27.3. The highest BCUT2D eigenvalue weighted by atomic mass is 32.2. The normalized spacial score (nSPS) is 14.7. The first-order chi connectivity index (χ1) is 14.8. The van der Waals surface area contributed by atoms with Crippen LogP contribution in [0.25, 0.3) is 0 Å². The average Bonchev–Trinajstić information content (AvgIpc) is 2.76. The standard InChI is InChI=1S/C21H26N4O5S/c1-16-9-10-17(31(29,30)24-13-5-2-6-14-24)15-19(16)23-21(26)11-12-22-18-7-3-4-8-20(18)25(27)28/h3-4,7-10,15,22H,2,5-6,11-14H2,1H3,(H,23,26). The van der Waals surface area contributed by atoms with Crippen LogP contribution in [0.15, 0.2) is 47.4 Å². The summed E-state index contributed by atoms with van der Waals surface area (Å²) in [6, 6.07) is 10.9. The number of benzene rings is 2. The molecule has 1 saturated heterocycles. The van der Waals surface area contributed by atoms with Gasteiger partial charge >= 0.3 is 0 Å². The highest BCUT2D eigenvalue weighted by Crippen LogP contribution is 2.26. The molecule has 2 N–H and O–H groups in total. The summed E-state index contributed by atoms with van der Waals surface area (Å²) >= 11 is 0. The Morgan fingerprint density at radius 3 is 2.52 bits per heavy atom. The van der Waals surface area contributed by atoms with Gasteiger partial charge in [0, 0.05) is 37.8 Å². The van der Waals surface area contributed by atoms with E-state index in [1.165, 1.54) is 16.4 Å². The fourth-order valence-electron chi connectivity index (χ4n) is 3.46. The lowest BCUT2D eigenvalue weighted by Crippen LogP contribution is -2.35. The van der Waals surface area contributed by atoms with E-state index in [4.69, 9.17) is 0 Å². The van der Waals surface area contributed by atoms with E-state index < -0.39 is 14.9 Å². The van der Waals surface area contributed by atoms with Crippen molar-refractivity contribution in [2.24, 2.45) is 0 Å². The van der Waals surface area contributed by atoms with E-state index >= 15 is 0 Å². The summed E-state index contributed by atoms with van der Waals surface area (Å²) in [5.41, 5.74) is 1.46. The van der Waals surface area contributed by atoms with Crippen molar-refractivity contribution in [3.8, 4) is 0 Å². The highest BCUT2D eigenvalue weighted by Gasteiger charge is 2.26. The van der Waals surface area contributed by atoms with Crippen molar-refractivity contribution in [3.05, 3.63) is 58.1 Å². The van der Waals surface area contributed by atoms with Crippen molar-refractivity contribution in [3.63, 3.8) is 0 Å². The number of piperidine rings is 1. The number of para-hydroxylation sites is 2. The zero-order chi connectivity index (χ0) is 22.4. The molecular weight excluding hydrogens is 420 g/mol. The van der Waals surface area contributed by atoms with Crippen LogP contribution in [0.5, 0.6) is 0 Å². The van der Waals surface area contributed by atoms with Crippen molar-refractivity contribution >= 4 is 33.0 Å². The van der Waals surface area contributed by atoms with Crippen LogP contribution in [0, 0.1) is 17.0 Å². The molecule has 1 fully saturated rings. The number of nitrogens with one attached hydrogen (secondary N) is 2. The molecule has 0 aliphatic carbocycles. The molecule has 31 heavy (non-hydrogen) atoms. The minimum atomic E-state index is -3.60. The Labute approximate surface area is 181 Å². The molecule has 2 aromatic carbocycles. The maximum atomic E-state index is 12.9. The number of aryl methyl sites for hydroxylation is 1. The maximum Gasteiger partial charge on any atom is 0.292 e. The zero-order valence-electron chi connectivity index (χ0n) is 17.3. The number of hydrogen-bond donors (Lipinski definition) is 2. The summed E-state index contributed by atoms with van der Waals surface area (Å²) in [4.78, 5) is 23.1. The third kappa shape index (κ3) is 5.59. The highest BCUT2D eigenvalue weighted by molar-refractivity contribution is 7.89. The van der Waals surface area contributed by atoms with E-state index in [1.54, 1.807) is 37.3 Å². The Balaban J connectivity index is 1.64. The lowest BCUT2D eigenvalue weighted by atomic mass is 10.2. The van der Waals surface area contributed by atoms with Crippen LogP contribution in [-0.4, -0.2) is 43.2 Å². The van der Waals surface area contributed by atoms with E-state index in [2.05, 4.69) is 10.6 Å². The summed E-state index contributed by atoms with van der Waals surface area (Å²) in [6.07, 6.45) is 2.79.